The monoisotopic (exact) mass is 328 g/mol. The van der Waals surface area contributed by atoms with Crippen molar-refractivity contribution in [1.82, 2.24) is 25.0 Å². The Bertz CT molecular complexity index is 833. The fourth-order valence-electron chi connectivity index (χ4n) is 2.41. The number of pyridine rings is 1. The van der Waals surface area contributed by atoms with Crippen LogP contribution in [0.25, 0.3) is 22.5 Å². The normalized spacial score (nSPS) is 11.8. The highest BCUT2D eigenvalue weighted by Gasteiger charge is 2.16. The van der Waals surface area contributed by atoms with E-state index in [9.17, 15) is 0 Å². The van der Waals surface area contributed by atoms with Gasteiger partial charge in [0.25, 0.3) is 0 Å². The number of nitrogens with zero attached hydrogens (tertiary/aromatic N) is 5. The van der Waals surface area contributed by atoms with Gasteiger partial charge in [-0.15, -0.1) is 10.2 Å². The standard InChI is InChI=1S/C17H24N6O/c1-6-23-15-13(14(22-23)18-8-10(2)3)7-12(9-19-15)17-21-20-16(24-17)11(4)5/h7,9-11H,6,8H2,1-5H3,(H,18,22). The van der Waals surface area contributed by atoms with Gasteiger partial charge in [0.05, 0.1) is 10.9 Å². The molecule has 0 radical (unpaired) electrons. The van der Waals surface area contributed by atoms with Crippen LogP contribution in [0, 0.1) is 5.92 Å². The molecule has 0 bridgehead atoms. The summed E-state index contributed by atoms with van der Waals surface area (Å²) in [6.07, 6.45) is 1.76. The Balaban J connectivity index is 2.03. The molecule has 0 aliphatic rings. The van der Waals surface area contributed by atoms with E-state index >= 15 is 0 Å². The Morgan fingerprint density at radius 1 is 1.21 bits per heavy atom. The SMILES string of the molecule is CCn1nc(NCC(C)C)c2cc(-c3nnc(C(C)C)o3)cnc21. The number of hydrogen-bond donors (Lipinski definition) is 1. The van der Waals surface area contributed by atoms with Gasteiger partial charge in [-0.1, -0.05) is 27.7 Å². The molecular formula is C17H24N6O. The molecule has 7 nitrogen and oxygen atoms in total. The number of hydrogen-bond acceptors (Lipinski definition) is 6. The van der Waals surface area contributed by atoms with Crippen molar-refractivity contribution in [3.63, 3.8) is 0 Å². The lowest BCUT2D eigenvalue weighted by Gasteiger charge is -2.06. The van der Waals surface area contributed by atoms with Crippen LogP contribution in [0.1, 0.15) is 46.4 Å². The highest BCUT2D eigenvalue weighted by molar-refractivity contribution is 5.90. The Morgan fingerprint density at radius 3 is 2.62 bits per heavy atom. The van der Waals surface area contributed by atoms with E-state index in [0.717, 1.165) is 35.5 Å². The predicted octanol–water partition coefficient (Wildman–Crippen LogP) is 3.69. The zero-order valence-electron chi connectivity index (χ0n) is 14.9. The van der Waals surface area contributed by atoms with Crippen molar-refractivity contribution in [2.75, 3.05) is 11.9 Å². The summed E-state index contributed by atoms with van der Waals surface area (Å²) in [7, 11) is 0. The second kappa shape index (κ2) is 6.59. The van der Waals surface area contributed by atoms with Gasteiger partial charge in [0.1, 0.15) is 0 Å². The van der Waals surface area contributed by atoms with Gasteiger partial charge < -0.3 is 9.73 Å². The Labute approximate surface area is 141 Å². The molecule has 24 heavy (non-hydrogen) atoms. The molecule has 0 aromatic carbocycles. The van der Waals surface area contributed by atoms with Crippen LogP contribution in [-0.4, -0.2) is 31.5 Å². The highest BCUT2D eigenvalue weighted by atomic mass is 16.4. The molecule has 0 amide bonds. The quantitative estimate of drug-likeness (QED) is 0.743. The van der Waals surface area contributed by atoms with E-state index < -0.39 is 0 Å². The van der Waals surface area contributed by atoms with Crippen LogP contribution in [0.15, 0.2) is 16.7 Å². The van der Waals surface area contributed by atoms with Crippen LogP contribution in [-0.2, 0) is 6.54 Å². The van der Waals surface area contributed by atoms with Crippen molar-refractivity contribution in [3.8, 4) is 11.5 Å². The molecule has 3 rings (SSSR count). The number of aromatic nitrogens is 5. The lowest BCUT2D eigenvalue weighted by atomic mass is 10.2. The molecule has 128 valence electrons. The second-order valence-electron chi connectivity index (χ2n) is 6.63. The highest BCUT2D eigenvalue weighted by Crippen LogP contribution is 2.28. The van der Waals surface area contributed by atoms with Gasteiger partial charge in [0, 0.05) is 25.2 Å². The van der Waals surface area contributed by atoms with Crippen molar-refractivity contribution in [2.45, 2.75) is 47.1 Å². The zero-order valence-corrected chi connectivity index (χ0v) is 14.9. The lowest BCUT2D eigenvalue weighted by molar-refractivity contribution is 0.481. The second-order valence-corrected chi connectivity index (χ2v) is 6.63. The van der Waals surface area contributed by atoms with Gasteiger partial charge in [-0.25, -0.2) is 9.67 Å². The molecule has 0 aliphatic heterocycles. The molecular weight excluding hydrogens is 304 g/mol. The zero-order chi connectivity index (χ0) is 17.3. The molecule has 0 atom stereocenters. The fraction of sp³-hybridized carbons (Fsp3) is 0.529. The van der Waals surface area contributed by atoms with E-state index in [1.807, 2.05) is 24.6 Å². The van der Waals surface area contributed by atoms with E-state index in [2.05, 4.69) is 46.4 Å². The first kappa shape index (κ1) is 16.4. The molecule has 0 saturated heterocycles. The molecule has 3 heterocycles. The molecule has 3 aromatic heterocycles. The predicted molar refractivity (Wildman–Crippen MR) is 93.9 cm³/mol. The molecule has 0 aliphatic carbocycles. The molecule has 7 heteroatoms. The van der Waals surface area contributed by atoms with Crippen LogP contribution in [0.4, 0.5) is 5.82 Å². The molecule has 0 spiro atoms. The maximum Gasteiger partial charge on any atom is 0.249 e. The van der Waals surface area contributed by atoms with Gasteiger partial charge in [-0.3, -0.25) is 0 Å². The summed E-state index contributed by atoms with van der Waals surface area (Å²) in [5, 5.41) is 17.2. The van der Waals surface area contributed by atoms with Gasteiger partial charge in [0.2, 0.25) is 11.8 Å². The number of rotatable bonds is 6. The minimum absolute atomic E-state index is 0.203. The molecule has 0 fully saturated rings. The van der Waals surface area contributed by atoms with Crippen molar-refractivity contribution in [1.29, 1.82) is 0 Å². The number of aryl methyl sites for hydroxylation is 1. The Morgan fingerprint density at radius 2 is 2.00 bits per heavy atom. The van der Waals surface area contributed by atoms with Crippen LogP contribution >= 0.6 is 0 Å². The number of nitrogens with one attached hydrogen (secondary N) is 1. The fourth-order valence-corrected chi connectivity index (χ4v) is 2.41. The smallest absolute Gasteiger partial charge is 0.249 e. The van der Waals surface area contributed by atoms with Crippen LogP contribution in [0.5, 0.6) is 0 Å². The summed E-state index contributed by atoms with van der Waals surface area (Å²) < 4.78 is 7.64. The van der Waals surface area contributed by atoms with Crippen molar-refractivity contribution >= 4 is 16.9 Å². The van der Waals surface area contributed by atoms with Crippen LogP contribution in [0.2, 0.25) is 0 Å². The van der Waals surface area contributed by atoms with Crippen molar-refractivity contribution in [2.24, 2.45) is 5.92 Å². The van der Waals surface area contributed by atoms with Gasteiger partial charge >= 0.3 is 0 Å². The number of anilines is 1. The topological polar surface area (TPSA) is 81.7 Å². The first-order valence-corrected chi connectivity index (χ1v) is 8.43. The summed E-state index contributed by atoms with van der Waals surface area (Å²) in [5.74, 6) is 2.71. The third kappa shape index (κ3) is 3.11. The van der Waals surface area contributed by atoms with Gasteiger partial charge in [-0.2, -0.15) is 5.10 Å². The maximum absolute atomic E-state index is 5.74. The third-order valence-electron chi connectivity index (χ3n) is 3.75. The first-order chi connectivity index (χ1) is 11.5. The van der Waals surface area contributed by atoms with E-state index in [4.69, 9.17) is 4.42 Å². The van der Waals surface area contributed by atoms with E-state index in [1.54, 1.807) is 6.20 Å². The Hall–Kier alpha value is -2.44. The van der Waals surface area contributed by atoms with E-state index in [0.29, 0.717) is 17.7 Å². The summed E-state index contributed by atoms with van der Waals surface area (Å²) in [4.78, 5) is 4.56. The molecule has 3 aromatic rings. The molecule has 0 saturated carbocycles. The van der Waals surface area contributed by atoms with Gasteiger partial charge in [-0.05, 0) is 18.9 Å². The average molecular weight is 328 g/mol. The third-order valence-corrected chi connectivity index (χ3v) is 3.75. The van der Waals surface area contributed by atoms with Crippen molar-refractivity contribution < 1.29 is 4.42 Å². The largest absolute Gasteiger partial charge is 0.420 e. The Kier molecular flexibility index (Phi) is 4.51. The molecule has 0 unspecified atom stereocenters. The summed E-state index contributed by atoms with van der Waals surface area (Å²) in [6, 6.07) is 2.02. The van der Waals surface area contributed by atoms with Crippen molar-refractivity contribution in [3.05, 3.63) is 18.2 Å². The summed E-state index contributed by atoms with van der Waals surface area (Å²) in [5.41, 5.74) is 1.67. The number of fused-ring (bicyclic) bond motifs is 1. The maximum atomic E-state index is 5.74. The van der Waals surface area contributed by atoms with Crippen LogP contribution in [0.3, 0.4) is 0 Å². The van der Waals surface area contributed by atoms with E-state index in [1.165, 1.54) is 0 Å². The van der Waals surface area contributed by atoms with E-state index in [-0.39, 0.29) is 5.92 Å². The minimum atomic E-state index is 0.203. The first-order valence-electron chi connectivity index (χ1n) is 8.43. The minimum Gasteiger partial charge on any atom is -0.420 e. The van der Waals surface area contributed by atoms with Crippen LogP contribution < -0.4 is 5.32 Å². The summed E-state index contributed by atoms with van der Waals surface area (Å²) >= 11 is 0. The average Bonchev–Trinajstić information content (AvgIpc) is 3.17. The summed E-state index contributed by atoms with van der Waals surface area (Å²) in [6.45, 7) is 12.1. The van der Waals surface area contributed by atoms with Gasteiger partial charge in [0.15, 0.2) is 11.5 Å². The molecule has 1 N–H and O–H groups in total. The lowest BCUT2D eigenvalue weighted by Crippen LogP contribution is -2.09.